The Balaban J connectivity index is 2.35. The summed E-state index contributed by atoms with van der Waals surface area (Å²) in [4.78, 5) is 2.56. The minimum absolute atomic E-state index is 0.748. The van der Waals surface area contributed by atoms with E-state index in [-0.39, 0.29) is 0 Å². The molecule has 2 heteroatoms. The van der Waals surface area contributed by atoms with Crippen molar-refractivity contribution in [3.63, 3.8) is 0 Å². The SMILES string of the molecule is CC1CCCN(CC=CCS)C1C. The fraction of sp³-hybridized carbons (Fsp3) is 0.818. The molecule has 1 saturated heterocycles. The highest BCUT2D eigenvalue weighted by Crippen LogP contribution is 2.22. The number of piperidine rings is 1. The van der Waals surface area contributed by atoms with Crippen molar-refractivity contribution in [2.24, 2.45) is 5.92 Å². The van der Waals surface area contributed by atoms with Crippen LogP contribution in [0.1, 0.15) is 26.7 Å². The van der Waals surface area contributed by atoms with Gasteiger partial charge in [0, 0.05) is 18.3 Å². The van der Waals surface area contributed by atoms with Gasteiger partial charge in [0.25, 0.3) is 0 Å². The maximum atomic E-state index is 4.15. The molecular formula is C11H21NS. The van der Waals surface area contributed by atoms with Gasteiger partial charge in [0.05, 0.1) is 0 Å². The van der Waals surface area contributed by atoms with Gasteiger partial charge in [-0.15, -0.1) is 0 Å². The third kappa shape index (κ3) is 3.35. The zero-order valence-corrected chi connectivity index (χ0v) is 9.63. The Morgan fingerprint density at radius 2 is 2.15 bits per heavy atom. The zero-order chi connectivity index (χ0) is 9.68. The van der Waals surface area contributed by atoms with Gasteiger partial charge in [-0.3, -0.25) is 4.90 Å². The maximum Gasteiger partial charge on any atom is 0.0166 e. The van der Waals surface area contributed by atoms with Crippen molar-refractivity contribution in [1.29, 1.82) is 0 Å². The summed E-state index contributed by atoms with van der Waals surface area (Å²) in [5, 5.41) is 0. The minimum Gasteiger partial charge on any atom is -0.297 e. The fourth-order valence-electron chi connectivity index (χ4n) is 1.96. The summed E-state index contributed by atoms with van der Waals surface area (Å²) in [7, 11) is 0. The average molecular weight is 199 g/mol. The lowest BCUT2D eigenvalue weighted by Crippen LogP contribution is -2.42. The van der Waals surface area contributed by atoms with Gasteiger partial charge >= 0.3 is 0 Å². The summed E-state index contributed by atoms with van der Waals surface area (Å²) in [5.41, 5.74) is 0. The summed E-state index contributed by atoms with van der Waals surface area (Å²) in [6.45, 7) is 7.08. The molecule has 2 atom stereocenters. The van der Waals surface area contributed by atoms with Crippen molar-refractivity contribution in [2.45, 2.75) is 32.7 Å². The average Bonchev–Trinajstić information content (AvgIpc) is 2.13. The van der Waals surface area contributed by atoms with E-state index in [1.54, 1.807) is 0 Å². The number of likely N-dealkylation sites (tertiary alicyclic amines) is 1. The molecule has 1 nitrogen and oxygen atoms in total. The van der Waals surface area contributed by atoms with Gasteiger partial charge in [0.15, 0.2) is 0 Å². The van der Waals surface area contributed by atoms with Crippen LogP contribution in [0.4, 0.5) is 0 Å². The van der Waals surface area contributed by atoms with Crippen LogP contribution in [-0.4, -0.2) is 29.8 Å². The Hall–Kier alpha value is 0.0500. The van der Waals surface area contributed by atoms with Crippen molar-refractivity contribution in [2.75, 3.05) is 18.8 Å². The molecule has 1 aliphatic rings. The van der Waals surface area contributed by atoms with Gasteiger partial charge < -0.3 is 0 Å². The Morgan fingerprint density at radius 3 is 2.85 bits per heavy atom. The Morgan fingerprint density at radius 1 is 1.38 bits per heavy atom. The normalized spacial score (nSPS) is 31.3. The first-order valence-electron chi connectivity index (χ1n) is 5.25. The first kappa shape index (κ1) is 11.1. The van der Waals surface area contributed by atoms with E-state index < -0.39 is 0 Å². The van der Waals surface area contributed by atoms with Crippen LogP contribution in [0.3, 0.4) is 0 Å². The first-order valence-corrected chi connectivity index (χ1v) is 5.89. The molecule has 1 heterocycles. The van der Waals surface area contributed by atoms with E-state index in [0.717, 1.165) is 24.3 Å². The lowest BCUT2D eigenvalue weighted by Gasteiger charge is -2.37. The second-order valence-corrected chi connectivity index (χ2v) is 4.37. The zero-order valence-electron chi connectivity index (χ0n) is 8.74. The summed E-state index contributed by atoms with van der Waals surface area (Å²) in [6, 6.07) is 0.748. The maximum absolute atomic E-state index is 4.15. The van der Waals surface area contributed by atoms with Crippen molar-refractivity contribution < 1.29 is 0 Å². The molecule has 13 heavy (non-hydrogen) atoms. The molecule has 2 unspecified atom stereocenters. The van der Waals surface area contributed by atoms with Crippen LogP contribution < -0.4 is 0 Å². The smallest absolute Gasteiger partial charge is 0.0166 e. The van der Waals surface area contributed by atoms with E-state index >= 15 is 0 Å². The van der Waals surface area contributed by atoms with Crippen molar-refractivity contribution in [3.05, 3.63) is 12.2 Å². The monoisotopic (exact) mass is 199 g/mol. The van der Waals surface area contributed by atoms with Crippen molar-refractivity contribution in [3.8, 4) is 0 Å². The molecule has 0 N–H and O–H groups in total. The highest BCUT2D eigenvalue weighted by Gasteiger charge is 2.23. The summed E-state index contributed by atoms with van der Waals surface area (Å²) < 4.78 is 0. The number of hydrogen-bond acceptors (Lipinski definition) is 2. The summed E-state index contributed by atoms with van der Waals surface area (Å²) in [6.07, 6.45) is 7.13. The van der Waals surface area contributed by atoms with Crippen LogP contribution in [0.5, 0.6) is 0 Å². The van der Waals surface area contributed by atoms with Crippen LogP contribution in [0.15, 0.2) is 12.2 Å². The Labute approximate surface area is 87.6 Å². The first-order chi connectivity index (χ1) is 6.25. The van der Waals surface area contributed by atoms with E-state index in [1.807, 2.05) is 0 Å². The number of rotatable bonds is 3. The molecule has 1 fully saturated rings. The van der Waals surface area contributed by atoms with Crippen LogP contribution in [0.25, 0.3) is 0 Å². The van der Waals surface area contributed by atoms with Gasteiger partial charge in [0.1, 0.15) is 0 Å². The Kier molecular flexibility index (Phi) is 4.89. The molecule has 0 aromatic heterocycles. The van der Waals surface area contributed by atoms with Gasteiger partial charge in [-0.25, -0.2) is 0 Å². The topological polar surface area (TPSA) is 3.24 Å². The second kappa shape index (κ2) is 5.71. The van der Waals surface area contributed by atoms with Crippen LogP contribution >= 0.6 is 12.6 Å². The van der Waals surface area contributed by atoms with Gasteiger partial charge in [0.2, 0.25) is 0 Å². The molecule has 0 radical (unpaired) electrons. The highest BCUT2D eigenvalue weighted by atomic mass is 32.1. The molecule has 0 bridgehead atoms. The third-order valence-electron chi connectivity index (χ3n) is 3.12. The molecular weight excluding hydrogens is 178 g/mol. The molecule has 0 amide bonds. The number of nitrogens with zero attached hydrogens (tertiary/aromatic N) is 1. The summed E-state index contributed by atoms with van der Waals surface area (Å²) in [5.74, 6) is 1.72. The molecule has 1 aliphatic heterocycles. The molecule has 0 aromatic rings. The molecule has 0 aromatic carbocycles. The lowest BCUT2D eigenvalue weighted by atomic mass is 9.92. The van der Waals surface area contributed by atoms with E-state index in [1.165, 1.54) is 19.4 Å². The standard InChI is InChI=1S/C11H21NS/c1-10-6-5-8-12(11(10)2)7-3-4-9-13/h3-4,10-11,13H,5-9H2,1-2H3. The van der Waals surface area contributed by atoms with E-state index in [9.17, 15) is 0 Å². The highest BCUT2D eigenvalue weighted by molar-refractivity contribution is 7.80. The molecule has 0 saturated carbocycles. The fourth-order valence-corrected chi connectivity index (χ4v) is 2.11. The molecule has 0 aliphatic carbocycles. The van der Waals surface area contributed by atoms with Crippen molar-refractivity contribution >= 4 is 12.6 Å². The molecule has 76 valence electrons. The predicted molar refractivity (Wildman–Crippen MR) is 62.4 cm³/mol. The van der Waals surface area contributed by atoms with Gasteiger partial charge in [-0.05, 0) is 32.2 Å². The third-order valence-corrected chi connectivity index (χ3v) is 3.33. The molecule has 1 rings (SSSR count). The number of thiol groups is 1. The predicted octanol–water partition coefficient (Wildman–Crippen LogP) is 2.59. The van der Waals surface area contributed by atoms with Crippen LogP contribution in [-0.2, 0) is 0 Å². The van der Waals surface area contributed by atoms with E-state index in [2.05, 4.69) is 43.5 Å². The van der Waals surface area contributed by atoms with E-state index in [4.69, 9.17) is 0 Å². The Bertz CT molecular complexity index is 167. The molecule has 0 spiro atoms. The largest absolute Gasteiger partial charge is 0.297 e. The lowest BCUT2D eigenvalue weighted by molar-refractivity contribution is 0.128. The second-order valence-electron chi connectivity index (χ2n) is 4.01. The van der Waals surface area contributed by atoms with E-state index in [0.29, 0.717) is 0 Å². The number of hydrogen-bond donors (Lipinski definition) is 1. The van der Waals surface area contributed by atoms with Crippen molar-refractivity contribution in [1.82, 2.24) is 4.90 Å². The van der Waals surface area contributed by atoms with Crippen LogP contribution in [0.2, 0.25) is 0 Å². The summed E-state index contributed by atoms with van der Waals surface area (Å²) >= 11 is 4.15. The van der Waals surface area contributed by atoms with Gasteiger partial charge in [-0.1, -0.05) is 19.1 Å². The quantitative estimate of drug-likeness (QED) is 0.540. The van der Waals surface area contributed by atoms with Crippen LogP contribution in [0, 0.1) is 5.92 Å². The van der Waals surface area contributed by atoms with Gasteiger partial charge in [-0.2, -0.15) is 12.6 Å². The minimum atomic E-state index is 0.748.